The second kappa shape index (κ2) is 9.34. The lowest BCUT2D eigenvalue weighted by Gasteiger charge is -2.28. The van der Waals surface area contributed by atoms with Crippen molar-refractivity contribution >= 4 is 11.7 Å². The zero-order chi connectivity index (χ0) is 20.8. The first-order valence-electron chi connectivity index (χ1n) is 9.99. The molecule has 0 unspecified atom stereocenters. The van der Waals surface area contributed by atoms with E-state index in [0.717, 1.165) is 18.1 Å². The molecule has 0 spiro atoms. The number of ether oxygens (including phenoxy) is 1. The number of nitriles is 1. The van der Waals surface area contributed by atoms with Gasteiger partial charge in [0.2, 0.25) is 5.69 Å². The van der Waals surface area contributed by atoms with E-state index in [4.69, 9.17) is 16.6 Å². The van der Waals surface area contributed by atoms with Gasteiger partial charge >= 0.3 is 5.97 Å². The molecule has 2 aromatic rings. The van der Waals surface area contributed by atoms with Crippen LogP contribution < -0.4 is 4.74 Å². The molecular weight excluding hydrogens is 367 g/mol. The van der Waals surface area contributed by atoms with E-state index in [9.17, 15) is 9.18 Å². The Morgan fingerprint density at radius 3 is 2.52 bits per heavy atom. The van der Waals surface area contributed by atoms with Crippen molar-refractivity contribution in [2.75, 3.05) is 0 Å². The van der Waals surface area contributed by atoms with Crippen LogP contribution in [0.2, 0.25) is 0 Å². The van der Waals surface area contributed by atoms with Gasteiger partial charge in [-0.2, -0.15) is 5.26 Å². The maximum atomic E-state index is 13.8. The lowest BCUT2D eigenvalue weighted by Crippen LogP contribution is -2.13. The van der Waals surface area contributed by atoms with E-state index in [0.29, 0.717) is 11.5 Å². The van der Waals surface area contributed by atoms with E-state index in [1.807, 2.05) is 12.1 Å². The second-order valence-corrected chi connectivity index (χ2v) is 7.55. The highest BCUT2D eigenvalue weighted by Crippen LogP contribution is 2.37. The Kier molecular flexibility index (Phi) is 6.62. The predicted octanol–water partition coefficient (Wildman–Crippen LogP) is 6.54. The van der Waals surface area contributed by atoms with Crippen LogP contribution in [-0.4, -0.2) is 5.97 Å². The third-order valence-electron chi connectivity index (χ3n) is 5.64. The molecule has 1 saturated carbocycles. The van der Waals surface area contributed by atoms with Crippen molar-refractivity contribution in [2.45, 2.75) is 51.4 Å². The number of esters is 1. The van der Waals surface area contributed by atoms with Crippen molar-refractivity contribution in [3.05, 3.63) is 70.3 Å². The first-order chi connectivity index (χ1) is 14.0. The highest BCUT2D eigenvalue weighted by Gasteiger charge is 2.22. The Hall–Kier alpha value is -3.18. The van der Waals surface area contributed by atoms with Gasteiger partial charge in [-0.1, -0.05) is 31.9 Å². The smallest absolute Gasteiger partial charge is 0.343 e. The van der Waals surface area contributed by atoms with Crippen LogP contribution in [0.25, 0.3) is 4.85 Å². The standard InChI is InChI=1S/C24H23FN2O2/c1-3-4-16-5-7-17(8-6-16)18-9-11-19(12-10-18)24(28)29-21-13-20(15-26)23(25)22(14-21)27-2/h9-14,16-17H,3-8H2,1H3. The molecule has 0 N–H and O–H groups in total. The summed E-state index contributed by atoms with van der Waals surface area (Å²) in [6.07, 6.45) is 7.44. The van der Waals surface area contributed by atoms with Crippen molar-refractivity contribution in [3.8, 4) is 11.8 Å². The molecule has 29 heavy (non-hydrogen) atoms. The number of carbonyl (C=O) groups is 1. The van der Waals surface area contributed by atoms with E-state index in [-0.39, 0.29) is 17.0 Å². The Balaban J connectivity index is 1.67. The highest BCUT2D eigenvalue weighted by molar-refractivity contribution is 5.91. The molecule has 148 valence electrons. The van der Waals surface area contributed by atoms with Gasteiger partial charge in [0.1, 0.15) is 17.6 Å². The molecule has 0 radical (unpaired) electrons. The molecule has 0 aliphatic heterocycles. The Morgan fingerprint density at radius 1 is 1.24 bits per heavy atom. The molecule has 5 heteroatoms. The predicted molar refractivity (Wildman–Crippen MR) is 108 cm³/mol. The van der Waals surface area contributed by atoms with E-state index in [2.05, 4.69) is 11.8 Å². The van der Waals surface area contributed by atoms with Crippen molar-refractivity contribution < 1.29 is 13.9 Å². The minimum atomic E-state index is -0.902. The number of benzene rings is 2. The van der Waals surface area contributed by atoms with Gasteiger partial charge in [0.25, 0.3) is 0 Å². The summed E-state index contributed by atoms with van der Waals surface area (Å²) in [4.78, 5) is 15.5. The van der Waals surface area contributed by atoms with Crippen molar-refractivity contribution in [1.82, 2.24) is 0 Å². The van der Waals surface area contributed by atoms with Crippen molar-refractivity contribution in [2.24, 2.45) is 5.92 Å². The summed E-state index contributed by atoms with van der Waals surface area (Å²) in [5.74, 6) is -0.142. The van der Waals surface area contributed by atoms with E-state index >= 15 is 0 Å². The van der Waals surface area contributed by atoms with Gasteiger partial charge in [-0.3, -0.25) is 0 Å². The molecule has 0 heterocycles. The Labute approximate surface area is 170 Å². The van der Waals surface area contributed by atoms with Gasteiger partial charge < -0.3 is 4.74 Å². The number of nitrogens with zero attached hydrogens (tertiary/aromatic N) is 2. The molecule has 1 aliphatic rings. The lowest BCUT2D eigenvalue weighted by atomic mass is 9.77. The molecule has 1 fully saturated rings. The summed E-state index contributed by atoms with van der Waals surface area (Å²) in [6.45, 7) is 9.23. The maximum absolute atomic E-state index is 13.8. The van der Waals surface area contributed by atoms with Crippen molar-refractivity contribution in [3.63, 3.8) is 0 Å². The first kappa shape index (κ1) is 20.6. The Bertz CT molecular complexity index is 927. The number of rotatable bonds is 5. The SMILES string of the molecule is [C-]#[N+]c1cc(OC(=O)c2ccc(C3CCC(CCC)CC3)cc2)cc(C#N)c1F. The molecule has 3 rings (SSSR count). The van der Waals surface area contributed by atoms with Crippen LogP contribution in [0.15, 0.2) is 36.4 Å². The van der Waals surface area contributed by atoms with E-state index in [1.165, 1.54) is 44.1 Å². The van der Waals surface area contributed by atoms with Gasteiger partial charge in [-0.25, -0.2) is 14.0 Å². The van der Waals surface area contributed by atoms with Crippen molar-refractivity contribution in [1.29, 1.82) is 5.26 Å². The first-order valence-corrected chi connectivity index (χ1v) is 9.99. The minimum absolute atomic E-state index is 0.0164. The maximum Gasteiger partial charge on any atom is 0.343 e. The summed E-state index contributed by atoms with van der Waals surface area (Å²) in [6, 6.07) is 11.3. The molecule has 0 bridgehead atoms. The third kappa shape index (κ3) is 4.81. The number of hydrogen-bond donors (Lipinski definition) is 0. The molecule has 0 atom stereocenters. The lowest BCUT2D eigenvalue weighted by molar-refractivity contribution is 0.0734. The molecule has 1 aliphatic carbocycles. The molecule has 0 aromatic heterocycles. The largest absolute Gasteiger partial charge is 0.424 e. The van der Waals surface area contributed by atoms with Gasteiger partial charge in [0.05, 0.1) is 17.7 Å². The monoisotopic (exact) mass is 390 g/mol. The molecule has 0 saturated heterocycles. The minimum Gasteiger partial charge on any atom is -0.424 e. The van der Waals surface area contributed by atoms with Crippen LogP contribution in [0, 0.1) is 29.6 Å². The fraction of sp³-hybridized carbons (Fsp3) is 0.375. The van der Waals surface area contributed by atoms with Crippen LogP contribution in [0.4, 0.5) is 10.1 Å². The summed E-state index contributed by atoms with van der Waals surface area (Å²) in [5, 5.41) is 8.98. The quantitative estimate of drug-likeness (QED) is 0.331. The zero-order valence-corrected chi connectivity index (χ0v) is 16.5. The molecule has 0 amide bonds. The summed E-state index contributed by atoms with van der Waals surface area (Å²) in [5.41, 5.74) is 0.942. The number of carbonyl (C=O) groups excluding carboxylic acids is 1. The average Bonchev–Trinajstić information content (AvgIpc) is 2.75. The Morgan fingerprint density at radius 2 is 1.93 bits per heavy atom. The summed E-state index contributed by atoms with van der Waals surface area (Å²) >= 11 is 0. The van der Waals surface area contributed by atoms with Gasteiger partial charge in [0, 0.05) is 0 Å². The summed E-state index contributed by atoms with van der Waals surface area (Å²) < 4.78 is 19.1. The highest BCUT2D eigenvalue weighted by atomic mass is 19.1. The van der Waals surface area contributed by atoms with Crippen LogP contribution >= 0.6 is 0 Å². The summed E-state index contributed by atoms with van der Waals surface area (Å²) in [7, 11) is 0. The topological polar surface area (TPSA) is 54.5 Å². The second-order valence-electron chi connectivity index (χ2n) is 7.55. The van der Waals surface area contributed by atoms with Gasteiger partial charge in [-0.05, 0) is 67.3 Å². The van der Waals surface area contributed by atoms with Crippen LogP contribution in [-0.2, 0) is 0 Å². The number of halogens is 1. The zero-order valence-electron chi connectivity index (χ0n) is 16.5. The van der Waals surface area contributed by atoms with Crippen LogP contribution in [0.1, 0.15) is 72.9 Å². The van der Waals surface area contributed by atoms with Gasteiger partial charge in [-0.15, -0.1) is 0 Å². The van der Waals surface area contributed by atoms with E-state index in [1.54, 1.807) is 18.2 Å². The average molecular weight is 390 g/mol. The van der Waals surface area contributed by atoms with Crippen LogP contribution in [0.3, 0.4) is 0 Å². The fourth-order valence-electron chi connectivity index (χ4n) is 4.06. The molecule has 4 nitrogen and oxygen atoms in total. The molecular formula is C24H23FN2O2. The normalized spacial score (nSPS) is 18.5. The van der Waals surface area contributed by atoms with E-state index < -0.39 is 11.8 Å². The molecule has 2 aromatic carbocycles. The van der Waals surface area contributed by atoms with Crippen LogP contribution in [0.5, 0.6) is 5.75 Å². The number of hydrogen-bond acceptors (Lipinski definition) is 3. The van der Waals surface area contributed by atoms with Gasteiger partial charge in [0.15, 0.2) is 0 Å². The third-order valence-corrected chi connectivity index (χ3v) is 5.64. The fourth-order valence-corrected chi connectivity index (χ4v) is 4.06.